The van der Waals surface area contributed by atoms with Crippen molar-refractivity contribution in [3.63, 3.8) is 0 Å². The molecule has 3 amide bonds. The van der Waals surface area contributed by atoms with Crippen LogP contribution < -0.4 is 10.6 Å². The smallest absolute Gasteiger partial charge is 0.408 e. The number of carbonyl (C=O) groups excluding carboxylic acids is 4. The molecular weight excluding hydrogens is 498 g/mol. The lowest BCUT2D eigenvalue weighted by molar-refractivity contribution is -0.146. The largest absolute Gasteiger partial charge is 0.466 e. The molecule has 9 heteroatoms. The number of alkyl carbamates (subject to hydrolysis) is 1. The summed E-state index contributed by atoms with van der Waals surface area (Å²) in [5, 5.41) is 5.61. The average molecular weight is 548 g/mol. The molecule has 0 aliphatic heterocycles. The van der Waals surface area contributed by atoms with Gasteiger partial charge in [-0.3, -0.25) is 14.4 Å². The first kappa shape index (κ1) is 33.9. The van der Waals surface area contributed by atoms with E-state index in [9.17, 15) is 19.2 Å². The van der Waals surface area contributed by atoms with E-state index in [4.69, 9.17) is 9.47 Å². The Balaban J connectivity index is 3.55. The van der Waals surface area contributed by atoms with Crippen LogP contribution in [0.25, 0.3) is 0 Å². The molecule has 4 unspecified atom stereocenters. The Labute approximate surface area is 234 Å². The lowest BCUT2D eigenvalue weighted by Gasteiger charge is -2.40. The topological polar surface area (TPSA) is 114 Å². The third-order valence-corrected chi connectivity index (χ3v) is 6.65. The molecule has 1 aromatic rings. The Hall–Kier alpha value is -3.10. The molecule has 0 aliphatic carbocycles. The van der Waals surface area contributed by atoms with Gasteiger partial charge >= 0.3 is 12.1 Å². The summed E-state index contributed by atoms with van der Waals surface area (Å²) in [4.78, 5) is 54.3. The molecule has 1 rings (SSSR count). The maximum atomic E-state index is 14.3. The number of ether oxygens (including phenoxy) is 2. The van der Waals surface area contributed by atoms with Crippen LogP contribution >= 0.6 is 0 Å². The minimum absolute atomic E-state index is 0.0200. The Morgan fingerprint density at radius 2 is 1.64 bits per heavy atom. The summed E-state index contributed by atoms with van der Waals surface area (Å²) in [6, 6.07) is 3.54. The second kappa shape index (κ2) is 15.5. The van der Waals surface area contributed by atoms with E-state index in [0.29, 0.717) is 18.4 Å². The maximum absolute atomic E-state index is 14.3. The van der Waals surface area contributed by atoms with Gasteiger partial charge in [-0.15, -0.1) is 0 Å². The molecule has 39 heavy (non-hydrogen) atoms. The third-order valence-electron chi connectivity index (χ3n) is 6.65. The lowest BCUT2D eigenvalue weighted by Crippen LogP contribution is -2.57. The highest BCUT2D eigenvalue weighted by atomic mass is 16.6. The highest BCUT2D eigenvalue weighted by Crippen LogP contribution is 2.30. The highest BCUT2D eigenvalue weighted by molar-refractivity contribution is 5.93. The predicted octanol–water partition coefficient (Wildman–Crippen LogP) is 4.98. The van der Waals surface area contributed by atoms with Gasteiger partial charge in [-0.05, 0) is 71.9 Å². The SMILES string of the molecule is CCOC(=O)CCNC(=O)C(c1ccc(C)cc1C)N(C(=O)C(NC(=O)OC(C)(C)C)C(C)CC)C(C)CC. The van der Waals surface area contributed by atoms with E-state index < -0.39 is 35.7 Å². The number of amides is 3. The van der Waals surface area contributed by atoms with Crippen molar-refractivity contribution in [2.24, 2.45) is 5.92 Å². The zero-order chi connectivity index (χ0) is 29.9. The van der Waals surface area contributed by atoms with Crippen molar-refractivity contribution in [2.45, 2.75) is 112 Å². The van der Waals surface area contributed by atoms with E-state index >= 15 is 0 Å². The summed E-state index contributed by atoms with van der Waals surface area (Å²) in [6.45, 7) is 18.9. The zero-order valence-corrected chi connectivity index (χ0v) is 25.5. The van der Waals surface area contributed by atoms with Gasteiger partial charge in [-0.1, -0.05) is 51.0 Å². The molecule has 0 saturated carbocycles. The molecule has 0 fully saturated rings. The number of hydrogen-bond acceptors (Lipinski definition) is 6. The number of benzene rings is 1. The molecule has 1 aromatic carbocycles. The van der Waals surface area contributed by atoms with E-state index in [0.717, 1.165) is 11.1 Å². The summed E-state index contributed by atoms with van der Waals surface area (Å²) in [5.74, 6) is -1.40. The van der Waals surface area contributed by atoms with Crippen LogP contribution in [-0.4, -0.2) is 59.6 Å². The van der Waals surface area contributed by atoms with Gasteiger partial charge in [0.15, 0.2) is 0 Å². The fourth-order valence-corrected chi connectivity index (χ4v) is 4.24. The molecular formula is C30H49N3O6. The van der Waals surface area contributed by atoms with Crippen LogP contribution in [0.1, 0.15) is 97.4 Å². The van der Waals surface area contributed by atoms with Gasteiger partial charge in [0.1, 0.15) is 17.7 Å². The molecule has 9 nitrogen and oxygen atoms in total. The van der Waals surface area contributed by atoms with Crippen LogP contribution in [0.2, 0.25) is 0 Å². The van der Waals surface area contributed by atoms with Gasteiger partial charge in [0.2, 0.25) is 11.8 Å². The molecule has 0 aliphatic rings. The van der Waals surface area contributed by atoms with Gasteiger partial charge in [0, 0.05) is 12.6 Å². The molecule has 0 bridgehead atoms. The van der Waals surface area contributed by atoms with E-state index in [1.54, 1.807) is 32.6 Å². The van der Waals surface area contributed by atoms with Gasteiger partial charge in [-0.2, -0.15) is 0 Å². The Morgan fingerprint density at radius 1 is 1.00 bits per heavy atom. The highest BCUT2D eigenvalue weighted by Gasteiger charge is 2.40. The number of aryl methyl sites for hydroxylation is 2. The summed E-state index contributed by atoms with van der Waals surface area (Å²) in [6.07, 6.45) is 0.544. The first-order valence-corrected chi connectivity index (χ1v) is 14.0. The average Bonchev–Trinajstić information content (AvgIpc) is 2.84. The third kappa shape index (κ3) is 10.5. The molecule has 4 atom stereocenters. The van der Waals surface area contributed by atoms with E-state index in [-0.39, 0.29) is 37.4 Å². The number of nitrogens with zero attached hydrogens (tertiary/aromatic N) is 1. The fraction of sp³-hybridized carbons (Fsp3) is 0.667. The maximum Gasteiger partial charge on any atom is 0.408 e. The Morgan fingerprint density at radius 3 is 2.15 bits per heavy atom. The van der Waals surface area contributed by atoms with Crippen LogP contribution in [-0.2, 0) is 23.9 Å². The number of rotatable bonds is 13. The summed E-state index contributed by atoms with van der Waals surface area (Å²) in [7, 11) is 0. The number of carbonyl (C=O) groups is 4. The fourth-order valence-electron chi connectivity index (χ4n) is 4.24. The number of nitrogens with one attached hydrogen (secondary N) is 2. The predicted molar refractivity (Wildman–Crippen MR) is 152 cm³/mol. The van der Waals surface area contributed by atoms with Gasteiger partial charge in [0.25, 0.3) is 0 Å². The van der Waals surface area contributed by atoms with Crippen molar-refractivity contribution < 1.29 is 28.7 Å². The standard InChI is InChI=1S/C30H49N3O6/c1-11-20(5)25(32-29(37)39-30(8,9)10)28(36)33(22(7)12-2)26(23-15-14-19(4)18-21(23)6)27(35)31-17-16-24(34)38-13-3/h14-15,18,20,22,25-26H,11-13,16-17H2,1-10H3,(H,31,35)(H,32,37). The number of esters is 1. The second-order valence-electron chi connectivity index (χ2n) is 11.1. The molecule has 0 saturated heterocycles. The normalized spacial score (nSPS) is 14.4. The van der Waals surface area contributed by atoms with Crippen molar-refractivity contribution in [3.05, 3.63) is 34.9 Å². The van der Waals surface area contributed by atoms with Crippen molar-refractivity contribution >= 4 is 23.9 Å². The molecule has 2 N–H and O–H groups in total. The van der Waals surface area contributed by atoms with Crippen LogP contribution in [0.5, 0.6) is 0 Å². The second-order valence-corrected chi connectivity index (χ2v) is 11.1. The van der Waals surface area contributed by atoms with Crippen LogP contribution in [0.4, 0.5) is 4.79 Å². The first-order chi connectivity index (χ1) is 18.2. The van der Waals surface area contributed by atoms with Gasteiger partial charge in [-0.25, -0.2) is 4.79 Å². The molecule has 0 heterocycles. The van der Waals surface area contributed by atoms with Crippen molar-refractivity contribution in [1.82, 2.24) is 15.5 Å². The van der Waals surface area contributed by atoms with Crippen molar-refractivity contribution in [3.8, 4) is 0 Å². The Bertz CT molecular complexity index is 987. The summed E-state index contributed by atoms with van der Waals surface area (Å²) < 4.78 is 10.4. The number of hydrogen-bond donors (Lipinski definition) is 2. The lowest BCUT2D eigenvalue weighted by atomic mass is 9.92. The quantitative estimate of drug-likeness (QED) is 0.337. The zero-order valence-electron chi connectivity index (χ0n) is 25.5. The van der Waals surface area contributed by atoms with Crippen molar-refractivity contribution in [1.29, 1.82) is 0 Å². The van der Waals surface area contributed by atoms with Crippen LogP contribution in [0, 0.1) is 19.8 Å². The minimum Gasteiger partial charge on any atom is -0.466 e. The van der Waals surface area contributed by atoms with Gasteiger partial charge in [0.05, 0.1) is 13.0 Å². The first-order valence-electron chi connectivity index (χ1n) is 14.0. The van der Waals surface area contributed by atoms with E-state index in [1.165, 1.54) is 0 Å². The summed E-state index contributed by atoms with van der Waals surface area (Å²) in [5.41, 5.74) is 1.84. The van der Waals surface area contributed by atoms with E-state index in [2.05, 4.69) is 10.6 Å². The van der Waals surface area contributed by atoms with Crippen LogP contribution in [0.15, 0.2) is 18.2 Å². The van der Waals surface area contributed by atoms with E-state index in [1.807, 2.05) is 59.7 Å². The molecule has 220 valence electrons. The Kier molecular flexibility index (Phi) is 13.5. The monoisotopic (exact) mass is 547 g/mol. The molecule has 0 spiro atoms. The molecule has 0 radical (unpaired) electrons. The van der Waals surface area contributed by atoms with Gasteiger partial charge < -0.3 is 25.0 Å². The molecule has 0 aromatic heterocycles. The van der Waals surface area contributed by atoms with Crippen LogP contribution in [0.3, 0.4) is 0 Å². The summed E-state index contributed by atoms with van der Waals surface area (Å²) >= 11 is 0. The van der Waals surface area contributed by atoms with Crippen molar-refractivity contribution in [2.75, 3.05) is 13.2 Å². The minimum atomic E-state index is -0.970.